The lowest BCUT2D eigenvalue weighted by Crippen LogP contribution is -2.42. The molecule has 3 aromatic carbocycles. The first kappa shape index (κ1) is 28.3. The van der Waals surface area contributed by atoms with Gasteiger partial charge in [0.25, 0.3) is 0 Å². The molecule has 37 heavy (non-hydrogen) atoms. The predicted molar refractivity (Wildman–Crippen MR) is 154 cm³/mol. The summed E-state index contributed by atoms with van der Waals surface area (Å²) in [5.74, 6) is -0.242. The Morgan fingerprint density at radius 3 is 1.59 bits per heavy atom. The van der Waals surface area contributed by atoms with E-state index >= 15 is 0 Å². The van der Waals surface area contributed by atoms with Gasteiger partial charge in [-0.2, -0.15) is 0 Å². The van der Waals surface area contributed by atoms with E-state index in [2.05, 4.69) is 91.0 Å². The molecule has 0 heterocycles. The molecule has 0 unspecified atom stereocenters. The van der Waals surface area contributed by atoms with Gasteiger partial charge in [-0.25, -0.2) is 0 Å². The Bertz CT molecular complexity index is 1000. The normalized spacial score (nSPS) is 11.2. The third-order valence-electron chi connectivity index (χ3n) is 6.31. The molecule has 0 radical (unpaired) electrons. The standard InChI is InChI=1S/C29H38N4O3P/c1-32(28(34)24-33(2)29(30)31)18-19-35-20-21-36-22-23-37(25-12-6-3-7-13-25,26-14-8-4-9-15-26)27-16-10-5-11-17-27/h3-17H,18-24H2,1-2H3,(H3,30,31)/q+1. The third-order valence-corrected chi connectivity index (χ3v) is 10.7. The monoisotopic (exact) mass is 521 g/mol. The lowest BCUT2D eigenvalue weighted by atomic mass is 10.4. The number of nitrogens with two attached hydrogens (primary N) is 1. The molecule has 0 saturated carbocycles. The second kappa shape index (κ2) is 14.5. The topological polar surface area (TPSA) is 91.9 Å². The van der Waals surface area contributed by atoms with Gasteiger partial charge in [0.05, 0.1) is 39.1 Å². The van der Waals surface area contributed by atoms with Crippen LogP contribution in [-0.2, 0) is 14.3 Å². The van der Waals surface area contributed by atoms with E-state index in [1.54, 1.807) is 19.0 Å². The zero-order chi connectivity index (χ0) is 26.5. The maximum atomic E-state index is 12.2. The molecule has 0 aliphatic carbocycles. The van der Waals surface area contributed by atoms with Crippen molar-refractivity contribution in [1.82, 2.24) is 9.80 Å². The maximum Gasteiger partial charge on any atom is 0.242 e. The Morgan fingerprint density at radius 1 is 0.730 bits per heavy atom. The second-order valence-electron chi connectivity index (χ2n) is 8.82. The van der Waals surface area contributed by atoms with Crippen LogP contribution in [0.15, 0.2) is 91.0 Å². The number of likely N-dealkylation sites (N-methyl/N-ethyl adjacent to an activating group) is 2. The molecule has 0 atom stereocenters. The van der Waals surface area contributed by atoms with Crippen molar-refractivity contribution in [2.45, 2.75) is 0 Å². The second-order valence-corrected chi connectivity index (χ2v) is 12.4. The fraction of sp³-hybridized carbons (Fsp3) is 0.310. The Hall–Kier alpha value is -3.25. The third kappa shape index (κ3) is 7.86. The average Bonchev–Trinajstić information content (AvgIpc) is 2.93. The number of benzene rings is 3. The zero-order valence-corrected chi connectivity index (χ0v) is 22.6. The van der Waals surface area contributed by atoms with E-state index < -0.39 is 7.26 Å². The SMILES string of the molecule is CN(CC(=O)N(C)CCOCCOCC[P+](c1ccccc1)(c1ccccc1)c1ccccc1)C(=N)N. The van der Waals surface area contributed by atoms with E-state index in [1.807, 2.05) is 0 Å². The largest absolute Gasteiger partial charge is 0.377 e. The number of hydrogen-bond donors (Lipinski definition) is 2. The van der Waals surface area contributed by atoms with Crippen LogP contribution in [0.4, 0.5) is 0 Å². The van der Waals surface area contributed by atoms with Crippen LogP contribution in [0.2, 0.25) is 0 Å². The molecule has 0 aromatic heterocycles. The van der Waals surface area contributed by atoms with Crippen LogP contribution in [0.3, 0.4) is 0 Å². The van der Waals surface area contributed by atoms with Gasteiger partial charge in [0.15, 0.2) is 5.96 Å². The van der Waals surface area contributed by atoms with Gasteiger partial charge >= 0.3 is 0 Å². The highest BCUT2D eigenvalue weighted by molar-refractivity contribution is 7.95. The predicted octanol–water partition coefficient (Wildman–Crippen LogP) is 2.30. The Kier molecular flexibility index (Phi) is 11.1. The van der Waals surface area contributed by atoms with Crippen molar-refractivity contribution in [3.8, 4) is 0 Å². The van der Waals surface area contributed by atoms with Gasteiger partial charge in [-0.1, -0.05) is 54.6 Å². The molecular formula is C29H38N4O3P+. The van der Waals surface area contributed by atoms with Crippen LogP contribution >= 0.6 is 7.26 Å². The number of rotatable bonds is 14. The van der Waals surface area contributed by atoms with Crippen LogP contribution in [-0.4, -0.2) is 81.4 Å². The van der Waals surface area contributed by atoms with Gasteiger partial charge in [0.2, 0.25) is 5.91 Å². The number of guanidine groups is 1. The van der Waals surface area contributed by atoms with Crippen LogP contribution in [0.25, 0.3) is 0 Å². The van der Waals surface area contributed by atoms with Crippen molar-refractivity contribution >= 4 is 35.0 Å². The summed E-state index contributed by atoms with van der Waals surface area (Å²) < 4.78 is 11.8. The molecule has 0 bridgehead atoms. The first-order valence-electron chi connectivity index (χ1n) is 12.4. The van der Waals surface area contributed by atoms with Gasteiger partial charge in [-0.15, -0.1) is 0 Å². The van der Waals surface area contributed by atoms with E-state index in [0.29, 0.717) is 33.0 Å². The molecule has 196 valence electrons. The number of amides is 1. The first-order chi connectivity index (χ1) is 17.9. The molecule has 8 heteroatoms. The lowest BCUT2D eigenvalue weighted by Gasteiger charge is -2.27. The first-order valence-corrected chi connectivity index (χ1v) is 14.4. The van der Waals surface area contributed by atoms with Crippen molar-refractivity contribution < 1.29 is 14.3 Å². The number of carbonyl (C=O) groups is 1. The molecule has 1 amide bonds. The molecule has 3 rings (SSSR count). The summed E-state index contributed by atoms with van der Waals surface area (Å²) >= 11 is 0. The summed E-state index contributed by atoms with van der Waals surface area (Å²) in [7, 11) is 1.44. The number of ether oxygens (including phenoxy) is 2. The van der Waals surface area contributed by atoms with E-state index in [9.17, 15) is 4.79 Å². The van der Waals surface area contributed by atoms with Crippen LogP contribution in [0.1, 0.15) is 0 Å². The van der Waals surface area contributed by atoms with E-state index in [0.717, 1.165) is 6.16 Å². The highest BCUT2D eigenvalue weighted by atomic mass is 31.2. The van der Waals surface area contributed by atoms with Crippen molar-refractivity contribution in [3.05, 3.63) is 91.0 Å². The molecular weight excluding hydrogens is 483 g/mol. The number of nitrogens with zero attached hydrogens (tertiary/aromatic N) is 2. The van der Waals surface area contributed by atoms with Crippen molar-refractivity contribution in [2.24, 2.45) is 5.73 Å². The summed E-state index contributed by atoms with van der Waals surface area (Å²) in [6.45, 7) is 2.53. The van der Waals surface area contributed by atoms with Crippen molar-refractivity contribution in [1.29, 1.82) is 5.41 Å². The summed E-state index contributed by atoms with van der Waals surface area (Å²) in [5.41, 5.74) is 5.39. The molecule has 0 saturated heterocycles. The van der Waals surface area contributed by atoms with Crippen LogP contribution in [0, 0.1) is 5.41 Å². The summed E-state index contributed by atoms with van der Waals surface area (Å²) in [5, 5.41) is 11.4. The summed E-state index contributed by atoms with van der Waals surface area (Å²) in [4.78, 5) is 15.1. The summed E-state index contributed by atoms with van der Waals surface area (Å²) in [6.07, 6.45) is 0.895. The van der Waals surface area contributed by atoms with Crippen molar-refractivity contribution in [3.63, 3.8) is 0 Å². The van der Waals surface area contributed by atoms with Gasteiger partial charge in [0.1, 0.15) is 23.2 Å². The van der Waals surface area contributed by atoms with E-state index in [1.165, 1.54) is 20.8 Å². The molecule has 7 nitrogen and oxygen atoms in total. The molecule has 0 fully saturated rings. The molecule has 3 aromatic rings. The minimum atomic E-state index is -1.90. The minimum absolute atomic E-state index is 0.0735. The van der Waals surface area contributed by atoms with Crippen molar-refractivity contribution in [2.75, 3.05) is 59.8 Å². The highest BCUT2D eigenvalue weighted by Gasteiger charge is 2.44. The van der Waals surface area contributed by atoms with Gasteiger partial charge in [-0.05, 0) is 36.4 Å². The van der Waals surface area contributed by atoms with Crippen LogP contribution in [0.5, 0.6) is 0 Å². The fourth-order valence-electron chi connectivity index (χ4n) is 4.14. The Labute approximate surface area is 221 Å². The number of nitrogens with one attached hydrogen (secondary N) is 1. The minimum Gasteiger partial charge on any atom is -0.377 e. The summed E-state index contributed by atoms with van der Waals surface area (Å²) in [6, 6.07) is 32.3. The molecule has 0 spiro atoms. The smallest absolute Gasteiger partial charge is 0.242 e. The van der Waals surface area contributed by atoms with Crippen LogP contribution < -0.4 is 21.6 Å². The van der Waals surface area contributed by atoms with Gasteiger partial charge in [-0.3, -0.25) is 10.2 Å². The van der Waals surface area contributed by atoms with E-state index in [-0.39, 0.29) is 18.4 Å². The molecule has 3 N–H and O–H groups in total. The Balaban J connectivity index is 1.55. The lowest BCUT2D eigenvalue weighted by molar-refractivity contribution is -0.130. The number of hydrogen-bond acceptors (Lipinski definition) is 4. The van der Waals surface area contributed by atoms with Gasteiger partial charge in [0, 0.05) is 20.6 Å². The van der Waals surface area contributed by atoms with E-state index in [4.69, 9.17) is 20.6 Å². The molecule has 0 aliphatic heterocycles. The maximum absolute atomic E-state index is 12.2. The fourth-order valence-corrected chi connectivity index (χ4v) is 8.26. The zero-order valence-electron chi connectivity index (χ0n) is 21.8. The highest BCUT2D eigenvalue weighted by Crippen LogP contribution is 2.54. The quantitative estimate of drug-likeness (QED) is 0.147. The van der Waals surface area contributed by atoms with Gasteiger partial charge < -0.3 is 25.0 Å². The Morgan fingerprint density at radius 2 is 1.16 bits per heavy atom. The molecule has 0 aliphatic rings. The average molecular weight is 522 g/mol. The number of carbonyl (C=O) groups excluding carboxylic acids is 1.